The number of carboxylic acid groups (broad SMARTS) is 1. The highest BCUT2D eigenvalue weighted by Gasteiger charge is 2.38. The fourth-order valence-corrected chi connectivity index (χ4v) is 3.06. The van der Waals surface area contributed by atoms with Gasteiger partial charge in [-0.1, -0.05) is 0 Å². The van der Waals surface area contributed by atoms with E-state index in [1.54, 1.807) is 39.8 Å². The summed E-state index contributed by atoms with van der Waals surface area (Å²) in [7, 11) is -1.24. The topological polar surface area (TPSA) is 140 Å². The molecule has 2 aromatic rings. The monoisotopic (exact) mass is 415 g/mol. The van der Waals surface area contributed by atoms with Crippen molar-refractivity contribution >= 4 is 30.5 Å². The summed E-state index contributed by atoms with van der Waals surface area (Å²) >= 11 is 0. The first-order valence-corrected chi connectivity index (χ1v) is 9.21. The number of hydrogen-bond donors (Lipinski definition) is 3. The lowest BCUT2D eigenvalue weighted by Crippen LogP contribution is -2.28. The van der Waals surface area contributed by atoms with Crippen LogP contribution in [0.4, 0.5) is 10.6 Å². The van der Waals surface area contributed by atoms with E-state index in [-0.39, 0.29) is 18.1 Å². The zero-order valence-electron chi connectivity index (χ0n) is 17.0. The summed E-state index contributed by atoms with van der Waals surface area (Å²) in [4.78, 5) is 30.9. The Hall–Kier alpha value is -3.18. The van der Waals surface area contributed by atoms with Crippen LogP contribution in [0.3, 0.4) is 0 Å². The minimum absolute atomic E-state index is 0.166. The average Bonchev–Trinajstić information content (AvgIpc) is 2.90. The van der Waals surface area contributed by atoms with Crippen molar-refractivity contribution < 1.29 is 33.8 Å². The molecular formula is C19H22BN3O7. The number of aryl methyl sites for hydroxylation is 1. The van der Waals surface area contributed by atoms with E-state index in [0.717, 1.165) is 5.56 Å². The lowest BCUT2D eigenvalue weighted by atomic mass is 9.77. The van der Waals surface area contributed by atoms with Gasteiger partial charge in [0.25, 0.3) is 0 Å². The summed E-state index contributed by atoms with van der Waals surface area (Å²) in [6.07, 6.45) is 1.03. The van der Waals surface area contributed by atoms with Gasteiger partial charge in [-0.2, -0.15) is 0 Å². The smallest absolute Gasteiger partial charge is 0.481 e. The molecule has 1 atom stereocenters. The highest BCUT2D eigenvalue weighted by molar-refractivity contribution is 6.62. The molecule has 0 radical (unpaired) electrons. The van der Waals surface area contributed by atoms with Gasteiger partial charge in [0.1, 0.15) is 11.4 Å². The van der Waals surface area contributed by atoms with E-state index in [9.17, 15) is 14.6 Å². The van der Waals surface area contributed by atoms with Crippen LogP contribution < -0.4 is 15.5 Å². The Kier molecular flexibility index (Phi) is 5.95. The Bertz CT molecular complexity index is 960. The number of rotatable bonds is 5. The molecule has 0 aliphatic carbocycles. The molecule has 0 saturated carbocycles. The van der Waals surface area contributed by atoms with Gasteiger partial charge in [0.05, 0.1) is 24.9 Å². The number of ether oxygens (including phenoxy) is 2. The van der Waals surface area contributed by atoms with Gasteiger partial charge in [0, 0.05) is 0 Å². The predicted molar refractivity (Wildman–Crippen MR) is 107 cm³/mol. The van der Waals surface area contributed by atoms with E-state index in [2.05, 4.69) is 15.3 Å². The standard InChI is InChI=1S/C19H22BN3O7/c1-10-5-11(6-12-17(10)13(7-16(24)25)30-20(12)27)28-15-9-21-14(8-22-15)23-18(26)29-19(2,3)4/h5-6,8-9,13,27H,7H2,1-4H3,(H,24,25)(H,21,23,26). The molecule has 0 bridgehead atoms. The first kappa shape index (κ1) is 21.5. The van der Waals surface area contributed by atoms with Gasteiger partial charge in [-0.25, -0.2) is 14.8 Å². The molecule has 158 valence electrons. The molecular weight excluding hydrogens is 393 g/mol. The number of benzene rings is 1. The summed E-state index contributed by atoms with van der Waals surface area (Å²) in [5.74, 6) is -0.274. The summed E-state index contributed by atoms with van der Waals surface area (Å²) < 4.78 is 16.2. The Labute approximate surface area is 173 Å². The van der Waals surface area contributed by atoms with E-state index < -0.39 is 30.9 Å². The molecule has 0 saturated heterocycles. The van der Waals surface area contributed by atoms with Gasteiger partial charge in [0.15, 0.2) is 5.82 Å². The minimum Gasteiger partial charge on any atom is -0.481 e. The molecule has 1 unspecified atom stereocenters. The summed E-state index contributed by atoms with van der Waals surface area (Å²) in [6, 6.07) is 3.27. The Balaban J connectivity index is 1.71. The van der Waals surface area contributed by atoms with Crippen molar-refractivity contribution in [2.75, 3.05) is 5.32 Å². The van der Waals surface area contributed by atoms with Crippen molar-refractivity contribution in [3.63, 3.8) is 0 Å². The highest BCUT2D eigenvalue weighted by atomic mass is 16.6. The molecule has 10 nitrogen and oxygen atoms in total. The van der Waals surface area contributed by atoms with Crippen molar-refractivity contribution in [2.24, 2.45) is 0 Å². The Morgan fingerprint density at radius 1 is 1.27 bits per heavy atom. The van der Waals surface area contributed by atoms with Crippen molar-refractivity contribution in [3.8, 4) is 11.6 Å². The second-order valence-corrected chi connectivity index (χ2v) is 7.79. The molecule has 30 heavy (non-hydrogen) atoms. The molecule has 3 N–H and O–H groups in total. The normalized spacial score (nSPS) is 15.5. The second-order valence-electron chi connectivity index (χ2n) is 7.79. The minimum atomic E-state index is -1.24. The van der Waals surface area contributed by atoms with Crippen LogP contribution in [0.15, 0.2) is 24.5 Å². The van der Waals surface area contributed by atoms with Crippen LogP contribution >= 0.6 is 0 Å². The number of amides is 1. The highest BCUT2D eigenvalue weighted by Crippen LogP contribution is 2.32. The molecule has 1 aromatic heterocycles. The van der Waals surface area contributed by atoms with Gasteiger partial charge < -0.3 is 24.3 Å². The fourth-order valence-electron chi connectivity index (χ4n) is 3.06. The molecule has 11 heteroatoms. The van der Waals surface area contributed by atoms with Crippen LogP contribution in [-0.4, -0.2) is 44.9 Å². The summed E-state index contributed by atoms with van der Waals surface area (Å²) in [6.45, 7) is 7.03. The Morgan fingerprint density at radius 3 is 2.60 bits per heavy atom. The molecule has 1 aliphatic rings. The number of aromatic nitrogens is 2. The van der Waals surface area contributed by atoms with Crippen LogP contribution in [0.1, 0.15) is 44.4 Å². The average molecular weight is 415 g/mol. The van der Waals surface area contributed by atoms with Crippen molar-refractivity contribution in [2.45, 2.75) is 45.8 Å². The van der Waals surface area contributed by atoms with Crippen LogP contribution in [0.5, 0.6) is 11.6 Å². The summed E-state index contributed by atoms with van der Waals surface area (Å²) in [5.41, 5.74) is 1.18. The van der Waals surface area contributed by atoms with E-state index in [1.165, 1.54) is 12.4 Å². The first-order valence-electron chi connectivity index (χ1n) is 9.21. The quantitative estimate of drug-likeness (QED) is 0.627. The number of nitrogens with zero attached hydrogens (tertiary/aromatic N) is 2. The summed E-state index contributed by atoms with van der Waals surface area (Å²) in [5, 5.41) is 21.6. The number of anilines is 1. The molecule has 2 heterocycles. The van der Waals surface area contributed by atoms with E-state index in [1.807, 2.05) is 0 Å². The zero-order valence-corrected chi connectivity index (χ0v) is 17.0. The molecule has 1 aromatic carbocycles. The molecule has 1 amide bonds. The van der Waals surface area contributed by atoms with Crippen LogP contribution in [0, 0.1) is 6.92 Å². The van der Waals surface area contributed by atoms with Crippen LogP contribution in [0.25, 0.3) is 0 Å². The van der Waals surface area contributed by atoms with Crippen molar-refractivity contribution in [3.05, 3.63) is 35.7 Å². The van der Waals surface area contributed by atoms with E-state index >= 15 is 0 Å². The number of fused-ring (bicyclic) bond motifs is 1. The molecule has 1 aliphatic heterocycles. The van der Waals surface area contributed by atoms with E-state index in [0.29, 0.717) is 16.8 Å². The molecule has 3 rings (SSSR count). The van der Waals surface area contributed by atoms with E-state index in [4.69, 9.17) is 19.2 Å². The Morgan fingerprint density at radius 2 is 2.00 bits per heavy atom. The molecule has 0 fully saturated rings. The maximum Gasteiger partial charge on any atom is 0.492 e. The largest absolute Gasteiger partial charge is 0.492 e. The SMILES string of the molecule is Cc1cc(Oc2cnc(NC(=O)OC(C)(C)C)cn2)cc2c1C(CC(=O)O)OB2O. The third-order valence-corrected chi connectivity index (χ3v) is 4.11. The van der Waals surface area contributed by atoms with Gasteiger partial charge in [-0.05, 0) is 56.4 Å². The number of carbonyl (C=O) groups is 2. The lowest BCUT2D eigenvalue weighted by Gasteiger charge is -2.19. The van der Waals surface area contributed by atoms with Crippen LogP contribution in [0.2, 0.25) is 0 Å². The third-order valence-electron chi connectivity index (χ3n) is 4.11. The number of aliphatic carboxylic acids is 1. The third kappa shape index (κ3) is 5.25. The van der Waals surface area contributed by atoms with Gasteiger partial charge in [-0.15, -0.1) is 0 Å². The van der Waals surface area contributed by atoms with Crippen molar-refractivity contribution in [1.29, 1.82) is 0 Å². The maximum atomic E-state index is 11.8. The molecule has 0 spiro atoms. The predicted octanol–water partition coefficient (Wildman–Crippen LogP) is 2.16. The lowest BCUT2D eigenvalue weighted by molar-refractivity contribution is -0.138. The maximum absolute atomic E-state index is 11.8. The van der Waals surface area contributed by atoms with Crippen LogP contribution in [-0.2, 0) is 14.2 Å². The first-order chi connectivity index (χ1) is 14.0. The van der Waals surface area contributed by atoms with Gasteiger partial charge >= 0.3 is 19.2 Å². The number of nitrogens with one attached hydrogen (secondary N) is 1. The van der Waals surface area contributed by atoms with Gasteiger partial charge in [-0.3, -0.25) is 10.1 Å². The number of hydrogen-bond acceptors (Lipinski definition) is 8. The van der Waals surface area contributed by atoms with Crippen molar-refractivity contribution in [1.82, 2.24) is 9.97 Å². The van der Waals surface area contributed by atoms with Gasteiger partial charge in [0.2, 0.25) is 5.88 Å². The number of carbonyl (C=O) groups excluding carboxylic acids is 1. The fraction of sp³-hybridized carbons (Fsp3) is 0.368. The zero-order chi connectivity index (χ0) is 22.1. The second kappa shape index (κ2) is 8.29. The number of carboxylic acids is 1.